The summed E-state index contributed by atoms with van der Waals surface area (Å²) in [6.07, 6.45) is 0.790. The number of ether oxygens (including phenoxy) is 1. The van der Waals surface area contributed by atoms with Crippen LogP contribution in [0, 0.1) is 0 Å². The van der Waals surface area contributed by atoms with Gasteiger partial charge in [0.1, 0.15) is 0 Å². The van der Waals surface area contributed by atoms with Gasteiger partial charge in [-0.15, -0.1) is 0 Å². The van der Waals surface area contributed by atoms with E-state index in [2.05, 4.69) is 5.32 Å². The molecule has 0 aromatic rings. The Morgan fingerprint density at radius 1 is 1.59 bits per heavy atom. The summed E-state index contributed by atoms with van der Waals surface area (Å²) < 4.78 is 5.40. The highest BCUT2D eigenvalue weighted by Gasteiger charge is 2.26. The molecule has 17 heavy (non-hydrogen) atoms. The van der Waals surface area contributed by atoms with Crippen molar-refractivity contribution in [3.63, 3.8) is 0 Å². The van der Waals surface area contributed by atoms with E-state index >= 15 is 0 Å². The number of hydrogen-bond donors (Lipinski definition) is 3. The van der Waals surface area contributed by atoms with Crippen LogP contribution in [-0.2, 0) is 9.53 Å². The predicted octanol–water partition coefficient (Wildman–Crippen LogP) is -0.748. The van der Waals surface area contributed by atoms with Crippen LogP contribution in [0.4, 0.5) is 4.79 Å². The molecule has 7 heteroatoms. The molecule has 0 aromatic heterocycles. The first-order valence-corrected chi connectivity index (χ1v) is 5.59. The third-order valence-corrected chi connectivity index (χ3v) is 2.66. The number of urea groups is 1. The molecule has 1 heterocycles. The van der Waals surface area contributed by atoms with Crippen LogP contribution in [0.25, 0.3) is 0 Å². The van der Waals surface area contributed by atoms with Crippen LogP contribution < -0.4 is 5.32 Å². The lowest BCUT2D eigenvalue weighted by atomic mass is 10.2. The number of carbonyl (C=O) groups excluding carboxylic acids is 1. The molecule has 1 saturated heterocycles. The lowest BCUT2D eigenvalue weighted by Crippen LogP contribution is -2.54. The van der Waals surface area contributed by atoms with Crippen molar-refractivity contribution >= 4 is 12.0 Å². The van der Waals surface area contributed by atoms with Gasteiger partial charge in [0.2, 0.25) is 0 Å². The molecular formula is C10H18N2O5. The number of carbonyl (C=O) groups is 2. The molecule has 0 bridgehead atoms. The maximum absolute atomic E-state index is 11.7. The molecule has 1 aliphatic heterocycles. The lowest BCUT2D eigenvalue weighted by Gasteiger charge is -2.33. The second kappa shape index (κ2) is 6.41. The summed E-state index contributed by atoms with van der Waals surface area (Å²) in [5.74, 6) is -1.25. The van der Waals surface area contributed by atoms with Gasteiger partial charge in [0, 0.05) is 13.1 Å². The smallest absolute Gasteiger partial charge is 0.328 e. The molecule has 3 N–H and O–H groups in total. The molecule has 2 amide bonds. The van der Waals surface area contributed by atoms with Gasteiger partial charge in [-0.2, -0.15) is 0 Å². The molecule has 0 saturated carbocycles. The third-order valence-electron chi connectivity index (χ3n) is 2.66. The Morgan fingerprint density at radius 2 is 2.29 bits per heavy atom. The van der Waals surface area contributed by atoms with Gasteiger partial charge in [-0.05, 0) is 6.42 Å². The van der Waals surface area contributed by atoms with Crippen LogP contribution in [-0.4, -0.2) is 65.6 Å². The van der Waals surface area contributed by atoms with Gasteiger partial charge in [-0.1, -0.05) is 6.92 Å². The number of aliphatic hydroxyl groups excluding tert-OH is 1. The molecule has 7 nitrogen and oxygen atoms in total. The first-order chi connectivity index (χ1) is 8.08. The minimum absolute atomic E-state index is 0.00750. The summed E-state index contributed by atoms with van der Waals surface area (Å²) >= 11 is 0. The van der Waals surface area contributed by atoms with E-state index in [0.717, 1.165) is 6.42 Å². The normalized spacial score (nSPS) is 22.0. The number of nitrogens with zero attached hydrogens (tertiary/aromatic N) is 1. The van der Waals surface area contributed by atoms with Gasteiger partial charge in [-0.25, -0.2) is 9.59 Å². The Balaban J connectivity index is 2.48. The Kier molecular flexibility index (Phi) is 5.17. The third kappa shape index (κ3) is 3.86. The zero-order valence-corrected chi connectivity index (χ0v) is 9.76. The summed E-state index contributed by atoms with van der Waals surface area (Å²) in [6, 6.07) is -1.74. The van der Waals surface area contributed by atoms with Crippen LogP contribution in [0.3, 0.4) is 0 Å². The zero-order chi connectivity index (χ0) is 12.8. The van der Waals surface area contributed by atoms with Gasteiger partial charge in [0.05, 0.1) is 19.3 Å². The number of carboxylic acid groups (broad SMARTS) is 1. The molecule has 0 aliphatic carbocycles. The number of amides is 2. The molecule has 0 aromatic carbocycles. The average Bonchev–Trinajstić information content (AvgIpc) is 2.35. The van der Waals surface area contributed by atoms with Crippen LogP contribution in [0.2, 0.25) is 0 Å². The molecule has 1 rings (SSSR count). The molecule has 0 spiro atoms. The van der Waals surface area contributed by atoms with E-state index in [-0.39, 0.29) is 6.10 Å². The van der Waals surface area contributed by atoms with Crippen LogP contribution >= 0.6 is 0 Å². The lowest BCUT2D eigenvalue weighted by molar-refractivity contribution is -0.140. The molecule has 1 aliphatic rings. The van der Waals surface area contributed by atoms with E-state index in [0.29, 0.717) is 19.7 Å². The van der Waals surface area contributed by atoms with Crippen molar-refractivity contribution in [2.45, 2.75) is 25.5 Å². The van der Waals surface area contributed by atoms with Crippen molar-refractivity contribution < 1.29 is 24.5 Å². The van der Waals surface area contributed by atoms with E-state index < -0.39 is 24.6 Å². The van der Waals surface area contributed by atoms with E-state index in [1.807, 2.05) is 6.92 Å². The minimum Gasteiger partial charge on any atom is -0.480 e. The highest BCUT2D eigenvalue weighted by Crippen LogP contribution is 2.08. The summed E-state index contributed by atoms with van der Waals surface area (Å²) in [4.78, 5) is 23.9. The standard InChI is InChI=1S/C10H18N2O5/c1-2-7-5-12(3-4-17-7)10(16)11-8(6-13)9(14)15/h7-8,13H,2-6H2,1H3,(H,11,16)(H,14,15)/t7?,8-/m1/s1. The topological polar surface area (TPSA) is 99.1 Å². The van der Waals surface area contributed by atoms with Gasteiger partial charge < -0.3 is 25.2 Å². The second-order valence-corrected chi connectivity index (χ2v) is 3.87. The first kappa shape index (κ1) is 13.7. The first-order valence-electron chi connectivity index (χ1n) is 5.59. The quantitative estimate of drug-likeness (QED) is 0.606. The van der Waals surface area contributed by atoms with E-state index in [9.17, 15) is 9.59 Å². The molecule has 1 unspecified atom stereocenters. The summed E-state index contributed by atoms with van der Waals surface area (Å²) in [7, 11) is 0. The summed E-state index contributed by atoms with van der Waals surface area (Å²) in [5, 5.41) is 19.8. The van der Waals surface area contributed by atoms with Crippen LogP contribution in [0.1, 0.15) is 13.3 Å². The van der Waals surface area contributed by atoms with E-state index in [1.165, 1.54) is 4.90 Å². The maximum Gasteiger partial charge on any atom is 0.328 e. The van der Waals surface area contributed by atoms with Crippen molar-refractivity contribution in [2.24, 2.45) is 0 Å². The van der Waals surface area contributed by atoms with Crippen molar-refractivity contribution in [3.8, 4) is 0 Å². The highest BCUT2D eigenvalue weighted by molar-refractivity contribution is 5.82. The SMILES string of the molecule is CCC1CN(C(=O)N[C@H](CO)C(=O)O)CCO1. The fourth-order valence-corrected chi connectivity index (χ4v) is 1.58. The predicted molar refractivity (Wildman–Crippen MR) is 58.6 cm³/mol. The molecule has 2 atom stereocenters. The molecule has 0 radical (unpaired) electrons. The van der Waals surface area contributed by atoms with Gasteiger partial charge >= 0.3 is 12.0 Å². The molecule has 1 fully saturated rings. The molecule has 98 valence electrons. The Hall–Kier alpha value is -1.34. The largest absolute Gasteiger partial charge is 0.480 e. The summed E-state index contributed by atoms with van der Waals surface area (Å²) in [6.45, 7) is 2.66. The molecular weight excluding hydrogens is 228 g/mol. The Labute approximate surface area is 99.4 Å². The number of rotatable bonds is 4. The van der Waals surface area contributed by atoms with Crippen molar-refractivity contribution in [2.75, 3.05) is 26.3 Å². The summed E-state index contributed by atoms with van der Waals surface area (Å²) in [5.41, 5.74) is 0. The fraction of sp³-hybridized carbons (Fsp3) is 0.800. The van der Waals surface area contributed by atoms with E-state index in [4.69, 9.17) is 14.9 Å². The average molecular weight is 246 g/mol. The van der Waals surface area contributed by atoms with Gasteiger partial charge in [0.15, 0.2) is 6.04 Å². The van der Waals surface area contributed by atoms with Crippen molar-refractivity contribution in [3.05, 3.63) is 0 Å². The Morgan fingerprint density at radius 3 is 2.82 bits per heavy atom. The van der Waals surface area contributed by atoms with Crippen LogP contribution in [0.5, 0.6) is 0 Å². The number of aliphatic hydroxyl groups is 1. The van der Waals surface area contributed by atoms with Crippen molar-refractivity contribution in [1.29, 1.82) is 0 Å². The fourth-order valence-electron chi connectivity index (χ4n) is 1.58. The maximum atomic E-state index is 11.7. The number of hydrogen-bond acceptors (Lipinski definition) is 4. The van der Waals surface area contributed by atoms with Crippen molar-refractivity contribution in [1.82, 2.24) is 10.2 Å². The monoisotopic (exact) mass is 246 g/mol. The highest BCUT2D eigenvalue weighted by atomic mass is 16.5. The van der Waals surface area contributed by atoms with Gasteiger partial charge in [0.25, 0.3) is 0 Å². The number of nitrogens with one attached hydrogen (secondary N) is 1. The number of morpholine rings is 1. The number of aliphatic carboxylic acids is 1. The van der Waals surface area contributed by atoms with Crippen LogP contribution in [0.15, 0.2) is 0 Å². The second-order valence-electron chi connectivity index (χ2n) is 3.87. The minimum atomic E-state index is -1.26. The Bertz CT molecular complexity index is 284. The van der Waals surface area contributed by atoms with E-state index in [1.54, 1.807) is 0 Å². The van der Waals surface area contributed by atoms with Gasteiger partial charge in [-0.3, -0.25) is 0 Å². The zero-order valence-electron chi connectivity index (χ0n) is 9.76. The number of carboxylic acids is 1.